The quantitative estimate of drug-likeness (QED) is 0.603. The van der Waals surface area contributed by atoms with Crippen molar-refractivity contribution in [2.45, 2.75) is 19.8 Å². The average Bonchev–Trinajstić information content (AvgIpc) is 2.62. The molecule has 25 heavy (non-hydrogen) atoms. The van der Waals surface area contributed by atoms with Crippen molar-refractivity contribution in [3.8, 4) is 0 Å². The summed E-state index contributed by atoms with van der Waals surface area (Å²) in [5.41, 5.74) is 2.16. The largest absolute Gasteiger partial charge is 0.355 e. The number of hydrogen-bond acceptors (Lipinski definition) is 2. The summed E-state index contributed by atoms with van der Waals surface area (Å²) in [5, 5.41) is 7.99. The van der Waals surface area contributed by atoms with Crippen LogP contribution in [0.15, 0.2) is 60.7 Å². The molecular weight excluding hydrogens is 315 g/mol. The maximum atomic E-state index is 13.4. The number of halogens is 1. The first-order chi connectivity index (χ1) is 12.2. The van der Waals surface area contributed by atoms with Gasteiger partial charge in [0, 0.05) is 28.9 Å². The summed E-state index contributed by atoms with van der Waals surface area (Å²) < 4.78 is 13.4. The number of amides is 1. The van der Waals surface area contributed by atoms with Gasteiger partial charge in [-0.1, -0.05) is 43.7 Å². The lowest BCUT2D eigenvalue weighted by atomic mass is 10.0. The van der Waals surface area contributed by atoms with E-state index in [-0.39, 0.29) is 11.7 Å². The minimum Gasteiger partial charge on any atom is -0.355 e. The first kappa shape index (κ1) is 17.0. The van der Waals surface area contributed by atoms with Gasteiger partial charge in [0.15, 0.2) is 0 Å². The summed E-state index contributed by atoms with van der Waals surface area (Å²) in [6.45, 7) is 2.77. The fourth-order valence-corrected chi connectivity index (χ4v) is 2.80. The number of carbonyl (C=O) groups excluding carboxylic acids is 1. The number of nitrogens with one attached hydrogen (secondary N) is 2. The zero-order valence-corrected chi connectivity index (χ0v) is 14.2. The molecule has 0 bridgehead atoms. The predicted molar refractivity (Wildman–Crippen MR) is 101 cm³/mol. The molecule has 3 aromatic rings. The van der Waals surface area contributed by atoms with Crippen LogP contribution < -0.4 is 10.6 Å². The van der Waals surface area contributed by atoms with Crippen LogP contribution in [0.1, 0.15) is 30.1 Å². The molecule has 3 nitrogen and oxygen atoms in total. The summed E-state index contributed by atoms with van der Waals surface area (Å²) in [6, 6.07) is 17.7. The molecule has 0 aromatic heterocycles. The van der Waals surface area contributed by atoms with Gasteiger partial charge in [0.1, 0.15) is 5.82 Å². The van der Waals surface area contributed by atoms with Crippen molar-refractivity contribution in [1.82, 2.24) is 5.32 Å². The number of benzene rings is 3. The van der Waals surface area contributed by atoms with Gasteiger partial charge < -0.3 is 10.6 Å². The van der Waals surface area contributed by atoms with Crippen molar-refractivity contribution in [1.29, 1.82) is 0 Å². The van der Waals surface area contributed by atoms with E-state index in [1.54, 1.807) is 6.07 Å². The third-order valence-corrected chi connectivity index (χ3v) is 4.09. The normalized spacial score (nSPS) is 10.6. The van der Waals surface area contributed by atoms with E-state index in [1.165, 1.54) is 12.1 Å². The minimum absolute atomic E-state index is 0.0676. The van der Waals surface area contributed by atoms with Crippen LogP contribution in [0.3, 0.4) is 0 Å². The van der Waals surface area contributed by atoms with Gasteiger partial charge >= 0.3 is 0 Å². The number of carbonyl (C=O) groups is 1. The Balaban J connectivity index is 1.94. The molecule has 0 spiro atoms. The number of anilines is 2. The van der Waals surface area contributed by atoms with Crippen LogP contribution in [0.4, 0.5) is 15.8 Å². The van der Waals surface area contributed by atoms with E-state index in [4.69, 9.17) is 0 Å². The van der Waals surface area contributed by atoms with Gasteiger partial charge in [-0.2, -0.15) is 0 Å². The molecule has 0 saturated carbocycles. The second kappa shape index (κ2) is 7.79. The third-order valence-electron chi connectivity index (χ3n) is 4.09. The third kappa shape index (κ3) is 3.97. The Labute approximate surface area is 146 Å². The summed E-state index contributed by atoms with van der Waals surface area (Å²) in [6.07, 6.45) is 2.00. The molecule has 2 N–H and O–H groups in total. The topological polar surface area (TPSA) is 41.1 Å². The van der Waals surface area contributed by atoms with Gasteiger partial charge in [-0.3, -0.25) is 4.79 Å². The number of fused-ring (bicyclic) bond motifs is 1. The highest BCUT2D eigenvalue weighted by Gasteiger charge is 2.12. The van der Waals surface area contributed by atoms with Crippen molar-refractivity contribution in [2.24, 2.45) is 0 Å². The van der Waals surface area contributed by atoms with Crippen LogP contribution in [0, 0.1) is 5.82 Å². The maximum absolute atomic E-state index is 13.4. The molecule has 4 heteroatoms. The zero-order valence-electron chi connectivity index (χ0n) is 14.2. The van der Waals surface area contributed by atoms with Crippen LogP contribution in [0.2, 0.25) is 0 Å². The average molecular weight is 336 g/mol. The summed E-state index contributed by atoms with van der Waals surface area (Å²) in [5.74, 6) is -0.358. The summed E-state index contributed by atoms with van der Waals surface area (Å²) in [7, 11) is 0. The van der Waals surface area contributed by atoms with Gasteiger partial charge in [-0.15, -0.1) is 0 Å². The smallest absolute Gasteiger partial charge is 0.251 e. The van der Waals surface area contributed by atoms with E-state index in [2.05, 4.69) is 17.6 Å². The lowest BCUT2D eigenvalue weighted by Gasteiger charge is -2.13. The molecule has 3 rings (SSSR count). The molecule has 0 aliphatic carbocycles. The molecule has 0 fully saturated rings. The van der Waals surface area contributed by atoms with Crippen molar-refractivity contribution >= 4 is 28.1 Å². The van der Waals surface area contributed by atoms with Crippen LogP contribution in [0.5, 0.6) is 0 Å². The van der Waals surface area contributed by atoms with E-state index in [9.17, 15) is 9.18 Å². The Bertz CT molecular complexity index is 892. The van der Waals surface area contributed by atoms with Gasteiger partial charge in [0.05, 0.1) is 0 Å². The monoisotopic (exact) mass is 336 g/mol. The highest BCUT2D eigenvalue weighted by molar-refractivity contribution is 6.10. The molecule has 1 amide bonds. The Hall–Kier alpha value is -2.88. The van der Waals surface area contributed by atoms with E-state index < -0.39 is 0 Å². The molecule has 0 radical (unpaired) electrons. The SMILES string of the molecule is CCCCNC(=O)c1ccc(Nc2cccc(F)c2)c2ccccc12. The molecule has 0 saturated heterocycles. The molecule has 0 unspecified atom stereocenters. The molecule has 3 aromatic carbocycles. The first-order valence-corrected chi connectivity index (χ1v) is 8.51. The highest BCUT2D eigenvalue weighted by Crippen LogP contribution is 2.29. The van der Waals surface area contributed by atoms with E-state index in [0.29, 0.717) is 17.8 Å². The lowest BCUT2D eigenvalue weighted by Crippen LogP contribution is -2.24. The van der Waals surface area contributed by atoms with Crippen molar-refractivity contribution in [2.75, 3.05) is 11.9 Å². The predicted octanol–water partition coefficient (Wildman–Crippen LogP) is 5.25. The molecule has 0 heterocycles. The van der Waals surface area contributed by atoms with Crippen LogP contribution in [-0.4, -0.2) is 12.5 Å². The van der Waals surface area contributed by atoms with Crippen LogP contribution in [-0.2, 0) is 0 Å². The Morgan fingerprint density at radius 3 is 2.56 bits per heavy atom. The molecule has 0 atom stereocenters. The zero-order chi connectivity index (χ0) is 17.6. The van der Waals surface area contributed by atoms with E-state index in [0.717, 1.165) is 29.3 Å². The van der Waals surface area contributed by atoms with Crippen molar-refractivity contribution in [3.05, 3.63) is 72.0 Å². The maximum Gasteiger partial charge on any atom is 0.251 e. The minimum atomic E-state index is -0.291. The Morgan fingerprint density at radius 2 is 1.80 bits per heavy atom. The first-order valence-electron chi connectivity index (χ1n) is 8.51. The van der Waals surface area contributed by atoms with Gasteiger partial charge in [0.25, 0.3) is 5.91 Å². The molecule has 0 aliphatic heterocycles. The van der Waals surface area contributed by atoms with Crippen molar-refractivity contribution < 1.29 is 9.18 Å². The standard InChI is InChI=1S/C21H21FN2O/c1-2-3-13-23-21(25)19-11-12-20(18-10-5-4-9-17(18)19)24-16-8-6-7-15(22)14-16/h4-12,14,24H,2-3,13H2,1H3,(H,23,25). The fraction of sp³-hybridized carbons (Fsp3) is 0.190. The Morgan fingerprint density at radius 1 is 1.00 bits per heavy atom. The highest BCUT2D eigenvalue weighted by atomic mass is 19.1. The molecular formula is C21H21FN2O. The molecule has 128 valence electrons. The molecule has 0 aliphatic rings. The van der Waals surface area contributed by atoms with E-state index >= 15 is 0 Å². The number of hydrogen-bond donors (Lipinski definition) is 2. The second-order valence-corrected chi connectivity index (χ2v) is 5.95. The fourth-order valence-electron chi connectivity index (χ4n) is 2.80. The second-order valence-electron chi connectivity index (χ2n) is 5.95. The number of unbranched alkanes of at least 4 members (excludes halogenated alkanes) is 1. The van der Waals surface area contributed by atoms with E-state index in [1.807, 2.05) is 42.5 Å². The van der Waals surface area contributed by atoms with Crippen LogP contribution in [0.25, 0.3) is 10.8 Å². The van der Waals surface area contributed by atoms with Crippen molar-refractivity contribution in [3.63, 3.8) is 0 Å². The summed E-state index contributed by atoms with van der Waals surface area (Å²) >= 11 is 0. The van der Waals surface area contributed by atoms with Gasteiger partial charge in [-0.05, 0) is 42.1 Å². The number of rotatable bonds is 6. The summed E-state index contributed by atoms with van der Waals surface area (Å²) in [4.78, 5) is 12.5. The van der Waals surface area contributed by atoms with Gasteiger partial charge in [0.2, 0.25) is 0 Å². The Kier molecular flexibility index (Phi) is 5.29. The van der Waals surface area contributed by atoms with Crippen LogP contribution >= 0.6 is 0 Å². The lowest BCUT2D eigenvalue weighted by molar-refractivity contribution is 0.0955. The van der Waals surface area contributed by atoms with Gasteiger partial charge in [-0.25, -0.2) is 4.39 Å².